The number of ether oxygens (including phenoxy) is 1. The minimum absolute atomic E-state index is 0.0363. The van der Waals surface area contributed by atoms with Gasteiger partial charge in [0.05, 0.1) is 13.2 Å². The molecule has 1 amide bonds. The van der Waals surface area contributed by atoms with Crippen LogP contribution in [0.3, 0.4) is 0 Å². The van der Waals surface area contributed by atoms with Crippen LogP contribution in [0.15, 0.2) is 65.4 Å². The van der Waals surface area contributed by atoms with Crippen molar-refractivity contribution in [2.45, 2.75) is 71.3 Å². The zero-order valence-corrected chi connectivity index (χ0v) is 23.8. The van der Waals surface area contributed by atoms with Crippen LogP contribution in [0, 0.1) is 17.8 Å². The van der Waals surface area contributed by atoms with Crippen LogP contribution in [0.2, 0.25) is 0 Å². The lowest BCUT2D eigenvalue weighted by molar-refractivity contribution is -0.124. The molecule has 6 nitrogen and oxygen atoms in total. The first-order valence-corrected chi connectivity index (χ1v) is 14.6. The Bertz CT molecular complexity index is 1140. The molecule has 0 bridgehead atoms. The highest BCUT2D eigenvalue weighted by molar-refractivity contribution is 7.03. The Morgan fingerprint density at radius 1 is 1.11 bits per heavy atom. The molecule has 1 N–H and O–H groups in total. The topological polar surface area (TPSA) is 75.5 Å². The highest BCUT2D eigenvalue weighted by Gasteiger charge is 2.32. The summed E-state index contributed by atoms with van der Waals surface area (Å²) in [7, 11) is 1.70. The number of aliphatic hydroxyl groups is 1. The Labute approximate surface area is 231 Å². The van der Waals surface area contributed by atoms with Gasteiger partial charge in [-0.1, -0.05) is 30.4 Å². The van der Waals surface area contributed by atoms with Crippen LogP contribution in [-0.4, -0.2) is 40.1 Å². The van der Waals surface area contributed by atoms with Gasteiger partial charge >= 0.3 is 0 Å². The third kappa shape index (κ3) is 7.20. The molecule has 0 aliphatic heterocycles. The number of allylic oxidation sites excluding steroid dienone is 4. The van der Waals surface area contributed by atoms with Crippen molar-refractivity contribution < 1.29 is 14.6 Å². The molecular formula is C31H41N3O3S. The van der Waals surface area contributed by atoms with Gasteiger partial charge in [0.25, 0.3) is 0 Å². The van der Waals surface area contributed by atoms with E-state index in [-0.39, 0.29) is 17.9 Å². The van der Waals surface area contributed by atoms with E-state index in [1.807, 2.05) is 49.1 Å². The van der Waals surface area contributed by atoms with Gasteiger partial charge in [0.15, 0.2) is 5.82 Å². The van der Waals surface area contributed by atoms with Crippen molar-refractivity contribution in [2.24, 2.45) is 17.8 Å². The molecule has 0 radical (unpaired) electrons. The highest BCUT2D eigenvalue weighted by Crippen LogP contribution is 2.36. The summed E-state index contributed by atoms with van der Waals surface area (Å²) in [4.78, 5) is 20.2. The first-order valence-electron chi connectivity index (χ1n) is 13.8. The van der Waals surface area contributed by atoms with E-state index in [9.17, 15) is 9.90 Å². The standard InChI is InChI=1S/C31H41N3O3S/c1-21(2)29(37-4)17-8-22(3)24-11-9-23(10-12-24)19-34(31(36)25-13-15-28(35)16-14-25)27-7-5-6-26(18-27)30-32-20-38-33-30/h5-8,17-18,20,23-25,28,35H,3,9-16,19H2,1-2,4H3/b17-8-/t23-,24-,25-,28-. The molecule has 38 heavy (non-hydrogen) atoms. The van der Waals surface area contributed by atoms with Gasteiger partial charge in [-0.2, -0.15) is 4.37 Å². The Hall–Kier alpha value is -2.77. The molecule has 7 heteroatoms. The van der Waals surface area contributed by atoms with E-state index in [1.54, 1.807) is 12.6 Å². The first-order chi connectivity index (χ1) is 18.4. The summed E-state index contributed by atoms with van der Waals surface area (Å²) in [5.74, 6) is 2.63. The molecule has 0 unspecified atom stereocenters. The summed E-state index contributed by atoms with van der Waals surface area (Å²) < 4.78 is 9.84. The molecule has 1 heterocycles. The van der Waals surface area contributed by atoms with Gasteiger partial charge in [0.2, 0.25) is 5.91 Å². The number of aromatic nitrogens is 2. The minimum atomic E-state index is -0.277. The second-order valence-corrected chi connectivity index (χ2v) is 11.6. The molecule has 1 aromatic heterocycles. The number of aliphatic hydroxyl groups excluding tert-OH is 1. The third-order valence-electron chi connectivity index (χ3n) is 8.06. The van der Waals surface area contributed by atoms with Crippen molar-refractivity contribution in [1.29, 1.82) is 0 Å². The third-order valence-corrected chi connectivity index (χ3v) is 8.54. The summed E-state index contributed by atoms with van der Waals surface area (Å²) in [6.45, 7) is 9.15. The van der Waals surface area contributed by atoms with E-state index >= 15 is 0 Å². The number of carbonyl (C=O) groups excluding carboxylic acids is 1. The van der Waals surface area contributed by atoms with Gasteiger partial charge in [-0.15, -0.1) is 0 Å². The average Bonchev–Trinajstić information content (AvgIpc) is 3.47. The number of methoxy groups -OCH3 is 1. The Morgan fingerprint density at radius 2 is 1.82 bits per heavy atom. The van der Waals surface area contributed by atoms with Crippen LogP contribution in [0.1, 0.15) is 65.2 Å². The maximum atomic E-state index is 13.9. The van der Waals surface area contributed by atoms with Crippen molar-refractivity contribution in [3.63, 3.8) is 0 Å². The molecule has 2 aliphatic rings. The predicted molar refractivity (Wildman–Crippen MR) is 155 cm³/mol. The second kappa shape index (κ2) is 13.3. The number of carbonyl (C=O) groups is 1. The fourth-order valence-corrected chi connectivity index (χ4v) is 6.15. The van der Waals surface area contributed by atoms with Crippen molar-refractivity contribution in [1.82, 2.24) is 9.36 Å². The molecule has 2 saturated carbocycles. The van der Waals surface area contributed by atoms with Gasteiger partial charge in [0.1, 0.15) is 11.3 Å². The summed E-state index contributed by atoms with van der Waals surface area (Å²) in [5.41, 5.74) is 5.87. The van der Waals surface area contributed by atoms with E-state index in [0.717, 1.165) is 66.7 Å². The molecule has 0 atom stereocenters. The fraction of sp³-hybridized carbons (Fsp3) is 0.516. The van der Waals surface area contributed by atoms with Gasteiger partial charge in [0, 0.05) is 23.7 Å². The van der Waals surface area contributed by atoms with Crippen molar-refractivity contribution >= 4 is 23.1 Å². The van der Waals surface area contributed by atoms with Gasteiger partial charge in [-0.25, -0.2) is 4.98 Å². The Kier molecular flexibility index (Phi) is 9.91. The maximum absolute atomic E-state index is 13.9. The normalized spacial score (nSPS) is 23.7. The lowest BCUT2D eigenvalue weighted by Crippen LogP contribution is -2.42. The van der Waals surface area contributed by atoms with Crippen LogP contribution in [0.5, 0.6) is 0 Å². The first kappa shape index (κ1) is 28.2. The summed E-state index contributed by atoms with van der Waals surface area (Å²) in [6.07, 6.45) is 11.0. The largest absolute Gasteiger partial charge is 0.497 e. The van der Waals surface area contributed by atoms with Crippen LogP contribution in [-0.2, 0) is 9.53 Å². The zero-order chi connectivity index (χ0) is 27.1. The van der Waals surface area contributed by atoms with Gasteiger partial charge < -0.3 is 14.7 Å². The van der Waals surface area contributed by atoms with Crippen molar-refractivity contribution in [3.05, 3.63) is 65.4 Å². The Balaban J connectivity index is 1.46. The van der Waals surface area contributed by atoms with Crippen LogP contribution < -0.4 is 4.90 Å². The molecule has 4 rings (SSSR count). The van der Waals surface area contributed by atoms with Crippen LogP contribution in [0.4, 0.5) is 5.69 Å². The fourth-order valence-electron chi connectivity index (χ4n) is 5.71. The molecule has 0 spiro atoms. The lowest BCUT2D eigenvalue weighted by atomic mass is 9.78. The average molecular weight is 536 g/mol. The number of benzene rings is 1. The van der Waals surface area contributed by atoms with Crippen LogP contribution in [0.25, 0.3) is 11.4 Å². The number of amides is 1. The van der Waals surface area contributed by atoms with Gasteiger partial charge in [-0.3, -0.25) is 4.79 Å². The van der Waals surface area contributed by atoms with E-state index in [4.69, 9.17) is 4.74 Å². The maximum Gasteiger partial charge on any atom is 0.230 e. The molecular weight excluding hydrogens is 494 g/mol. The SMILES string of the molecule is C=C(/C=C\C(OC)=C(C)C)[C@H]1CC[C@H](CN(c2cccc(-c3ncsn3)c2)C(=O)[C@H]2CC[C@H](O)CC2)CC1. The quantitative estimate of drug-likeness (QED) is 0.278. The van der Waals surface area contributed by atoms with Crippen molar-refractivity contribution in [3.8, 4) is 11.4 Å². The van der Waals surface area contributed by atoms with E-state index < -0.39 is 0 Å². The molecule has 2 aliphatic carbocycles. The summed E-state index contributed by atoms with van der Waals surface area (Å²) in [5, 5.41) is 9.99. The van der Waals surface area contributed by atoms with E-state index in [1.165, 1.54) is 11.5 Å². The zero-order valence-electron chi connectivity index (χ0n) is 22.9. The Morgan fingerprint density at radius 3 is 2.45 bits per heavy atom. The second-order valence-electron chi connectivity index (χ2n) is 11.0. The summed E-state index contributed by atoms with van der Waals surface area (Å²) in [6, 6.07) is 8.07. The van der Waals surface area contributed by atoms with Gasteiger partial charge in [-0.05, 0) is 112 Å². The molecule has 2 aromatic rings. The van der Waals surface area contributed by atoms with E-state index in [2.05, 4.69) is 22.0 Å². The number of hydrogen-bond acceptors (Lipinski definition) is 6. The number of rotatable bonds is 9. The minimum Gasteiger partial charge on any atom is -0.497 e. The van der Waals surface area contributed by atoms with Crippen molar-refractivity contribution in [2.75, 3.05) is 18.6 Å². The molecule has 0 saturated heterocycles. The predicted octanol–water partition coefficient (Wildman–Crippen LogP) is 6.95. The van der Waals surface area contributed by atoms with E-state index in [0.29, 0.717) is 37.0 Å². The summed E-state index contributed by atoms with van der Waals surface area (Å²) >= 11 is 1.33. The number of nitrogens with zero attached hydrogens (tertiary/aromatic N) is 3. The highest BCUT2D eigenvalue weighted by atomic mass is 32.1. The number of anilines is 1. The monoisotopic (exact) mass is 535 g/mol. The lowest BCUT2D eigenvalue weighted by Gasteiger charge is -2.36. The van der Waals surface area contributed by atoms with Crippen LogP contribution >= 0.6 is 11.5 Å². The number of hydrogen-bond donors (Lipinski definition) is 1. The molecule has 204 valence electrons. The smallest absolute Gasteiger partial charge is 0.230 e. The molecule has 2 fully saturated rings. The molecule has 1 aromatic carbocycles.